The highest BCUT2D eigenvalue weighted by molar-refractivity contribution is 9.10. The van der Waals surface area contributed by atoms with Gasteiger partial charge < -0.3 is 19.9 Å². The highest BCUT2D eigenvalue weighted by atomic mass is 79.9. The zero-order valence-corrected chi connectivity index (χ0v) is 17.2. The van der Waals surface area contributed by atoms with Crippen LogP contribution in [0.15, 0.2) is 27.7 Å². The van der Waals surface area contributed by atoms with E-state index in [0.29, 0.717) is 38.4 Å². The number of ether oxygens (including phenoxy) is 1. The summed E-state index contributed by atoms with van der Waals surface area (Å²) in [5.74, 6) is 0.816. The number of guanidine groups is 1. The Bertz CT molecular complexity index is 686. The third kappa shape index (κ3) is 5.19. The van der Waals surface area contributed by atoms with E-state index in [1.165, 1.54) is 6.07 Å². The monoisotopic (exact) mass is 440 g/mol. The summed E-state index contributed by atoms with van der Waals surface area (Å²) in [6.07, 6.45) is 1.62. The lowest BCUT2D eigenvalue weighted by Gasteiger charge is -2.36. The van der Waals surface area contributed by atoms with Crippen molar-refractivity contribution in [3.63, 3.8) is 0 Å². The molecule has 0 radical (unpaired) electrons. The predicted octanol–water partition coefficient (Wildman–Crippen LogP) is 2.23. The van der Waals surface area contributed by atoms with Crippen molar-refractivity contribution < 1.29 is 13.9 Å². The number of hydrogen-bond acceptors (Lipinski definition) is 3. The van der Waals surface area contributed by atoms with E-state index in [1.54, 1.807) is 13.1 Å². The third-order valence-electron chi connectivity index (χ3n) is 5.13. The average molecular weight is 441 g/mol. The topological polar surface area (TPSA) is 57.2 Å². The maximum Gasteiger partial charge on any atom is 0.225 e. The molecule has 0 aromatic heterocycles. The minimum absolute atomic E-state index is 0.0707. The van der Waals surface area contributed by atoms with Crippen LogP contribution in [0, 0.1) is 11.7 Å². The van der Waals surface area contributed by atoms with E-state index in [0.717, 1.165) is 36.4 Å². The molecule has 1 aromatic carbocycles. The van der Waals surface area contributed by atoms with Crippen LogP contribution in [0.1, 0.15) is 18.4 Å². The first-order valence-corrected chi connectivity index (χ1v) is 10.1. The van der Waals surface area contributed by atoms with E-state index in [1.807, 2.05) is 11.0 Å². The molecule has 2 saturated heterocycles. The molecule has 1 aromatic rings. The number of rotatable bonds is 3. The Morgan fingerprint density at radius 3 is 2.59 bits per heavy atom. The van der Waals surface area contributed by atoms with Gasteiger partial charge in [0.1, 0.15) is 5.82 Å². The smallest absolute Gasteiger partial charge is 0.225 e. The van der Waals surface area contributed by atoms with Crippen LogP contribution in [-0.4, -0.2) is 68.1 Å². The highest BCUT2D eigenvalue weighted by Crippen LogP contribution is 2.21. The van der Waals surface area contributed by atoms with Crippen LogP contribution in [0.5, 0.6) is 0 Å². The zero-order chi connectivity index (χ0) is 19.2. The summed E-state index contributed by atoms with van der Waals surface area (Å²) in [4.78, 5) is 21.0. The van der Waals surface area contributed by atoms with Gasteiger partial charge in [-0.25, -0.2) is 4.39 Å². The third-order valence-corrected chi connectivity index (χ3v) is 5.62. The first-order valence-electron chi connectivity index (χ1n) is 9.34. The number of morpholine rings is 1. The molecular formula is C19H26BrFN4O2. The average Bonchev–Trinajstić information content (AvgIpc) is 2.70. The predicted molar refractivity (Wildman–Crippen MR) is 106 cm³/mol. The molecule has 0 aliphatic carbocycles. The van der Waals surface area contributed by atoms with E-state index >= 15 is 0 Å². The number of aliphatic imine (C=N–C) groups is 1. The fourth-order valence-electron chi connectivity index (χ4n) is 3.55. The number of likely N-dealkylation sites (tertiary alicyclic amines) is 1. The van der Waals surface area contributed by atoms with Crippen LogP contribution < -0.4 is 5.32 Å². The van der Waals surface area contributed by atoms with Crippen LogP contribution in [0.25, 0.3) is 0 Å². The molecule has 27 heavy (non-hydrogen) atoms. The molecule has 2 aliphatic rings. The van der Waals surface area contributed by atoms with E-state index in [-0.39, 0.29) is 17.6 Å². The number of benzene rings is 1. The second-order valence-electron chi connectivity index (χ2n) is 6.84. The molecule has 0 unspecified atom stereocenters. The van der Waals surface area contributed by atoms with Crippen LogP contribution in [0.3, 0.4) is 0 Å². The summed E-state index contributed by atoms with van der Waals surface area (Å²) in [6, 6.07) is 5.04. The maximum atomic E-state index is 14.0. The summed E-state index contributed by atoms with van der Waals surface area (Å²) < 4.78 is 20.0. The highest BCUT2D eigenvalue weighted by Gasteiger charge is 2.30. The Hall–Kier alpha value is -1.67. The van der Waals surface area contributed by atoms with Gasteiger partial charge >= 0.3 is 0 Å². The summed E-state index contributed by atoms with van der Waals surface area (Å²) in [6.45, 7) is 4.56. The molecule has 0 atom stereocenters. The molecule has 0 bridgehead atoms. The minimum Gasteiger partial charge on any atom is -0.378 e. The van der Waals surface area contributed by atoms with E-state index in [2.05, 4.69) is 31.1 Å². The van der Waals surface area contributed by atoms with Gasteiger partial charge in [-0.1, -0.05) is 22.0 Å². The first kappa shape index (κ1) is 20.1. The zero-order valence-electron chi connectivity index (χ0n) is 15.6. The fraction of sp³-hybridized carbons (Fsp3) is 0.579. The van der Waals surface area contributed by atoms with Gasteiger partial charge in [0.05, 0.1) is 13.2 Å². The summed E-state index contributed by atoms with van der Waals surface area (Å²) in [5.41, 5.74) is 0.594. The van der Waals surface area contributed by atoms with Crippen molar-refractivity contribution >= 4 is 27.8 Å². The van der Waals surface area contributed by atoms with Crippen LogP contribution in [0.4, 0.5) is 4.39 Å². The van der Waals surface area contributed by atoms with Crippen LogP contribution in [-0.2, 0) is 16.1 Å². The summed E-state index contributed by atoms with van der Waals surface area (Å²) >= 11 is 3.27. The molecule has 0 saturated carbocycles. The van der Waals surface area contributed by atoms with Crippen molar-refractivity contribution in [1.82, 2.24) is 15.1 Å². The summed E-state index contributed by atoms with van der Waals surface area (Å²) in [7, 11) is 1.73. The lowest BCUT2D eigenvalue weighted by atomic mass is 9.95. The van der Waals surface area contributed by atoms with Crippen molar-refractivity contribution in [2.24, 2.45) is 10.9 Å². The largest absolute Gasteiger partial charge is 0.378 e. The van der Waals surface area contributed by atoms with Gasteiger partial charge in [-0.05, 0) is 25.0 Å². The van der Waals surface area contributed by atoms with Crippen LogP contribution in [0.2, 0.25) is 0 Å². The minimum atomic E-state index is -0.248. The van der Waals surface area contributed by atoms with Gasteiger partial charge in [0.25, 0.3) is 0 Å². The van der Waals surface area contributed by atoms with Gasteiger partial charge in [-0.15, -0.1) is 0 Å². The fourth-order valence-corrected chi connectivity index (χ4v) is 3.88. The molecule has 2 heterocycles. The number of carbonyl (C=O) groups is 1. The molecule has 148 valence electrons. The number of piperidine rings is 1. The first-order chi connectivity index (χ1) is 13.1. The molecule has 2 fully saturated rings. The Kier molecular flexibility index (Phi) is 7.07. The number of nitrogens with zero attached hydrogens (tertiary/aromatic N) is 3. The SMILES string of the molecule is CN=C(NCc1ccc(Br)cc1F)N1CCC(C(=O)N2CCOCC2)CC1. The van der Waals surface area contributed by atoms with Gasteiger partial charge in [-0.2, -0.15) is 0 Å². The van der Waals surface area contributed by atoms with E-state index < -0.39 is 0 Å². The van der Waals surface area contributed by atoms with E-state index in [9.17, 15) is 9.18 Å². The van der Waals surface area contributed by atoms with Crippen molar-refractivity contribution in [2.45, 2.75) is 19.4 Å². The Balaban J connectivity index is 1.50. The van der Waals surface area contributed by atoms with Gasteiger partial charge in [0, 0.05) is 55.7 Å². The normalized spacial score (nSPS) is 19.3. The van der Waals surface area contributed by atoms with Crippen molar-refractivity contribution in [1.29, 1.82) is 0 Å². The summed E-state index contributed by atoms with van der Waals surface area (Å²) in [5, 5.41) is 3.23. The molecule has 2 aliphatic heterocycles. The van der Waals surface area contributed by atoms with Gasteiger partial charge in [0.2, 0.25) is 5.91 Å². The Labute approximate surface area is 167 Å². The number of hydrogen-bond donors (Lipinski definition) is 1. The Morgan fingerprint density at radius 2 is 1.96 bits per heavy atom. The molecule has 3 rings (SSSR count). The quantitative estimate of drug-likeness (QED) is 0.578. The molecular weight excluding hydrogens is 415 g/mol. The maximum absolute atomic E-state index is 14.0. The van der Waals surface area contributed by atoms with Crippen molar-refractivity contribution in [2.75, 3.05) is 46.4 Å². The molecule has 0 spiro atoms. The lowest BCUT2D eigenvalue weighted by Crippen LogP contribution is -2.49. The molecule has 6 nitrogen and oxygen atoms in total. The van der Waals surface area contributed by atoms with Gasteiger partial charge in [-0.3, -0.25) is 9.79 Å². The van der Waals surface area contributed by atoms with Crippen molar-refractivity contribution in [3.8, 4) is 0 Å². The number of amides is 1. The molecule has 1 amide bonds. The van der Waals surface area contributed by atoms with Gasteiger partial charge in [0.15, 0.2) is 5.96 Å². The molecule has 8 heteroatoms. The second-order valence-corrected chi connectivity index (χ2v) is 7.75. The van der Waals surface area contributed by atoms with Crippen LogP contribution >= 0.6 is 15.9 Å². The standard InChI is InChI=1S/C19H26BrFN4O2/c1-22-19(23-13-15-2-3-16(20)12-17(15)21)25-6-4-14(5-7-25)18(26)24-8-10-27-11-9-24/h2-3,12,14H,4-11,13H2,1H3,(H,22,23). The number of carbonyl (C=O) groups excluding carboxylic acids is 1. The number of nitrogens with one attached hydrogen (secondary N) is 1. The second kappa shape index (κ2) is 9.50. The molecule has 1 N–H and O–H groups in total. The van der Waals surface area contributed by atoms with Crippen molar-refractivity contribution in [3.05, 3.63) is 34.1 Å². The van der Waals surface area contributed by atoms with E-state index in [4.69, 9.17) is 4.74 Å². The Morgan fingerprint density at radius 1 is 1.26 bits per heavy atom. The lowest BCUT2D eigenvalue weighted by molar-refractivity contribution is -0.140. The number of halogens is 2.